The molecule has 130 valence electrons. The van der Waals surface area contributed by atoms with Crippen LogP contribution in [0.1, 0.15) is 19.3 Å². The molecule has 0 aromatic rings. The molecule has 1 aliphatic heterocycles. The van der Waals surface area contributed by atoms with Gasteiger partial charge in [-0.05, 0) is 19.3 Å². The number of nitrogens with one attached hydrogen (secondary N) is 3. The molecule has 9 heteroatoms. The second-order valence-electron chi connectivity index (χ2n) is 5.07. The summed E-state index contributed by atoms with van der Waals surface area (Å²) in [7, 11) is -0.0585. The van der Waals surface area contributed by atoms with E-state index < -0.39 is 10.0 Å². The van der Waals surface area contributed by atoms with Gasteiger partial charge in [0.25, 0.3) is 0 Å². The Bertz CT molecular complexity index is 422. The van der Waals surface area contributed by atoms with Crippen LogP contribution in [0.3, 0.4) is 0 Å². The third-order valence-corrected chi connectivity index (χ3v) is 4.64. The minimum atomic E-state index is -3.31. The fourth-order valence-corrected chi connectivity index (χ4v) is 3.01. The molecule has 0 aliphatic carbocycles. The maximum absolute atomic E-state index is 11.9. The fraction of sp³-hybridized carbons (Fsp3) is 0.923. The van der Waals surface area contributed by atoms with Crippen LogP contribution >= 0.6 is 0 Å². The van der Waals surface area contributed by atoms with Crippen LogP contribution in [0.25, 0.3) is 0 Å². The van der Waals surface area contributed by atoms with Gasteiger partial charge in [0.1, 0.15) is 0 Å². The Labute approximate surface area is 133 Å². The van der Waals surface area contributed by atoms with Crippen LogP contribution in [-0.4, -0.2) is 73.2 Å². The molecule has 0 bridgehead atoms. The number of methoxy groups -OCH3 is 1. The van der Waals surface area contributed by atoms with Gasteiger partial charge in [-0.15, -0.1) is 0 Å². The van der Waals surface area contributed by atoms with E-state index in [1.165, 1.54) is 0 Å². The van der Waals surface area contributed by atoms with E-state index in [1.54, 1.807) is 14.2 Å². The predicted molar refractivity (Wildman–Crippen MR) is 86.6 cm³/mol. The van der Waals surface area contributed by atoms with Crippen LogP contribution in [0, 0.1) is 0 Å². The third-order valence-electron chi connectivity index (χ3n) is 3.29. The third kappa shape index (κ3) is 8.52. The van der Waals surface area contributed by atoms with E-state index in [0.717, 1.165) is 25.9 Å². The molecule has 1 aliphatic rings. The zero-order valence-electron chi connectivity index (χ0n) is 13.4. The average molecular weight is 336 g/mol. The smallest absolute Gasteiger partial charge is 0.213 e. The van der Waals surface area contributed by atoms with Gasteiger partial charge in [0.2, 0.25) is 10.0 Å². The summed E-state index contributed by atoms with van der Waals surface area (Å²) in [5.74, 6) is 0.549. The fourth-order valence-electron chi connectivity index (χ4n) is 2.06. The van der Waals surface area contributed by atoms with E-state index in [4.69, 9.17) is 9.47 Å². The number of hydrogen-bond donors (Lipinski definition) is 3. The summed E-state index contributed by atoms with van der Waals surface area (Å²) in [4.78, 5) is 4.00. The van der Waals surface area contributed by atoms with Crippen molar-refractivity contribution < 1.29 is 17.9 Å². The summed E-state index contributed by atoms with van der Waals surface area (Å²) < 4.78 is 36.9. The second kappa shape index (κ2) is 10.8. The van der Waals surface area contributed by atoms with Crippen molar-refractivity contribution in [1.82, 2.24) is 15.4 Å². The van der Waals surface area contributed by atoms with Crippen molar-refractivity contribution in [1.29, 1.82) is 0 Å². The molecule has 1 unspecified atom stereocenters. The van der Waals surface area contributed by atoms with Gasteiger partial charge in [0.05, 0.1) is 18.5 Å². The zero-order chi connectivity index (χ0) is 16.3. The summed E-state index contributed by atoms with van der Waals surface area (Å²) in [6.45, 7) is 2.52. The molecule has 1 saturated heterocycles. The van der Waals surface area contributed by atoms with Crippen molar-refractivity contribution in [3.63, 3.8) is 0 Å². The highest BCUT2D eigenvalue weighted by Gasteiger charge is 2.17. The van der Waals surface area contributed by atoms with Crippen molar-refractivity contribution in [3.8, 4) is 0 Å². The van der Waals surface area contributed by atoms with Crippen LogP contribution in [0.4, 0.5) is 0 Å². The van der Waals surface area contributed by atoms with Gasteiger partial charge in [0.15, 0.2) is 5.96 Å². The molecule has 1 atom stereocenters. The molecule has 0 aromatic heterocycles. The molecule has 0 amide bonds. The van der Waals surface area contributed by atoms with E-state index in [2.05, 4.69) is 20.3 Å². The van der Waals surface area contributed by atoms with Gasteiger partial charge in [0, 0.05) is 40.4 Å². The van der Waals surface area contributed by atoms with Crippen molar-refractivity contribution in [2.75, 3.05) is 52.8 Å². The van der Waals surface area contributed by atoms with Gasteiger partial charge < -0.3 is 20.1 Å². The summed E-state index contributed by atoms with van der Waals surface area (Å²) in [5.41, 5.74) is 0. The average Bonchev–Trinajstić information content (AvgIpc) is 2.52. The molecule has 1 rings (SSSR count). The molecule has 0 radical (unpaired) electrons. The number of hydrogen-bond acceptors (Lipinski definition) is 5. The molecular weight excluding hydrogens is 308 g/mol. The summed E-state index contributed by atoms with van der Waals surface area (Å²) in [5, 5.41) is 5.97. The zero-order valence-corrected chi connectivity index (χ0v) is 14.2. The first-order chi connectivity index (χ1) is 10.6. The Kier molecular flexibility index (Phi) is 9.37. The molecule has 0 aromatic carbocycles. The summed E-state index contributed by atoms with van der Waals surface area (Å²) in [6, 6.07) is 0. The highest BCUT2D eigenvalue weighted by molar-refractivity contribution is 7.89. The maximum atomic E-state index is 11.9. The quantitative estimate of drug-likeness (QED) is 0.292. The SMILES string of the molecule is CN=C(NCCOC)NCCS(=O)(=O)NCC1CCCCO1. The van der Waals surface area contributed by atoms with Crippen LogP contribution < -0.4 is 15.4 Å². The largest absolute Gasteiger partial charge is 0.383 e. The lowest BCUT2D eigenvalue weighted by molar-refractivity contribution is 0.0200. The van der Waals surface area contributed by atoms with Gasteiger partial charge in [-0.3, -0.25) is 4.99 Å². The first kappa shape index (κ1) is 19.1. The van der Waals surface area contributed by atoms with Gasteiger partial charge in [-0.1, -0.05) is 0 Å². The molecule has 22 heavy (non-hydrogen) atoms. The van der Waals surface area contributed by atoms with Crippen molar-refractivity contribution in [2.45, 2.75) is 25.4 Å². The van der Waals surface area contributed by atoms with E-state index >= 15 is 0 Å². The molecule has 0 saturated carbocycles. The van der Waals surface area contributed by atoms with E-state index in [-0.39, 0.29) is 18.4 Å². The lowest BCUT2D eigenvalue weighted by Gasteiger charge is -2.22. The molecule has 1 heterocycles. The monoisotopic (exact) mass is 336 g/mol. The number of sulfonamides is 1. The Morgan fingerprint density at radius 2 is 2.09 bits per heavy atom. The van der Waals surface area contributed by atoms with Crippen LogP contribution in [0.2, 0.25) is 0 Å². The number of aliphatic imine (C=N–C) groups is 1. The van der Waals surface area contributed by atoms with Gasteiger partial charge in [-0.2, -0.15) is 0 Å². The maximum Gasteiger partial charge on any atom is 0.213 e. The predicted octanol–water partition coefficient (Wildman–Crippen LogP) is -0.714. The van der Waals surface area contributed by atoms with Crippen molar-refractivity contribution >= 4 is 16.0 Å². The van der Waals surface area contributed by atoms with Crippen LogP contribution in [0.5, 0.6) is 0 Å². The standard InChI is InChI=1S/C13H28N4O4S/c1-14-13(15-6-9-20-2)16-7-10-22(18,19)17-11-12-5-3-4-8-21-12/h12,17H,3-11H2,1-2H3,(H2,14,15,16). The normalized spacial score (nSPS) is 19.9. The molecule has 1 fully saturated rings. The summed E-state index contributed by atoms with van der Waals surface area (Å²) >= 11 is 0. The number of guanidine groups is 1. The Hall–Kier alpha value is -0.900. The Balaban J connectivity index is 2.20. The molecule has 0 spiro atoms. The van der Waals surface area contributed by atoms with Gasteiger partial charge >= 0.3 is 0 Å². The Morgan fingerprint density at radius 3 is 2.73 bits per heavy atom. The van der Waals surface area contributed by atoms with Crippen molar-refractivity contribution in [3.05, 3.63) is 0 Å². The molecule has 8 nitrogen and oxygen atoms in total. The number of ether oxygens (including phenoxy) is 2. The Morgan fingerprint density at radius 1 is 1.32 bits per heavy atom. The minimum absolute atomic E-state index is 0.0000371. The minimum Gasteiger partial charge on any atom is -0.383 e. The van der Waals surface area contributed by atoms with Crippen LogP contribution in [0.15, 0.2) is 4.99 Å². The highest BCUT2D eigenvalue weighted by Crippen LogP contribution is 2.11. The van der Waals surface area contributed by atoms with E-state index in [0.29, 0.717) is 25.7 Å². The molecule has 3 N–H and O–H groups in total. The molecular formula is C13H28N4O4S. The first-order valence-corrected chi connectivity index (χ1v) is 9.25. The highest BCUT2D eigenvalue weighted by atomic mass is 32.2. The second-order valence-corrected chi connectivity index (χ2v) is 7.00. The lowest BCUT2D eigenvalue weighted by atomic mass is 10.1. The van der Waals surface area contributed by atoms with Crippen molar-refractivity contribution in [2.24, 2.45) is 4.99 Å². The first-order valence-electron chi connectivity index (χ1n) is 7.60. The number of nitrogens with zero attached hydrogens (tertiary/aromatic N) is 1. The van der Waals surface area contributed by atoms with E-state index in [9.17, 15) is 8.42 Å². The lowest BCUT2D eigenvalue weighted by Crippen LogP contribution is -2.43. The summed E-state index contributed by atoms with van der Waals surface area (Å²) in [6.07, 6.45) is 3.07. The number of rotatable bonds is 9. The van der Waals surface area contributed by atoms with Gasteiger partial charge in [-0.25, -0.2) is 13.1 Å². The van der Waals surface area contributed by atoms with E-state index in [1.807, 2.05) is 0 Å². The topological polar surface area (TPSA) is 101 Å². The van der Waals surface area contributed by atoms with Crippen LogP contribution in [-0.2, 0) is 19.5 Å².